The fourth-order valence-corrected chi connectivity index (χ4v) is 3.30. The van der Waals surface area contributed by atoms with Crippen molar-refractivity contribution in [3.8, 4) is 0 Å². The Balaban J connectivity index is 3.86. The lowest BCUT2D eigenvalue weighted by molar-refractivity contribution is -0.141. The van der Waals surface area contributed by atoms with Crippen LogP contribution in [0.15, 0.2) is 0 Å². The maximum Gasteiger partial charge on any atom is 0.421 e. The summed E-state index contributed by atoms with van der Waals surface area (Å²) in [6.45, 7) is 5.27. The Morgan fingerprint density at radius 2 is 1.80 bits per heavy atom. The fraction of sp³-hybridized carbons (Fsp3) is 0.714. The summed E-state index contributed by atoms with van der Waals surface area (Å²) in [4.78, 5) is 44.8. The molecule has 0 aliphatic heterocycles. The Morgan fingerprint density at radius 3 is 2.36 bits per heavy atom. The van der Waals surface area contributed by atoms with E-state index in [9.17, 15) is 19.2 Å². The van der Waals surface area contributed by atoms with E-state index in [4.69, 9.17) is 9.84 Å². The minimum atomic E-state index is -1.14. The molecule has 0 aromatic heterocycles. The lowest BCUT2D eigenvalue weighted by atomic mass is 10.2. The van der Waals surface area contributed by atoms with Gasteiger partial charge in [0.1, 0.15) is 18.4 Å². The molecule has 0 rings (SSSR count). The molecule has 25 heavy (non-hydrogen) atoms. The molecule has 0 radical (unpaired) electrons. The molecule has 0 aliphatic carbocycles. The molecule has 1 atom stereocenters. The number of hydrogen-bond acceptors (Lipinski definition) is 8. The molecule has 2 amide bonds. The van der Waals surface area contributed by atoms with Crippen LogP contribution in [-0.2, 0) is 19.1 Å². The number of hydrazine groups is 1. The van der Waals surface area contributed by atoms with Crippen LogP contribution >= 0.6 is 21.6 Å². The van der Waals surface area contributed by atoms with Gasteiger partial charge in [-0.1, -0.05) is 21.6 Å². The third-order valence-corrected chi connectivity index (χ3v) is 4.90. The van der Waals surface area contributed by atoms with Gasteiger partial charge in [0, 0.05) is 30.4 Å². The number of hydrogen-bond donors (Lipinski definition) is 4. The highest BCUT2D eigenvalue weighted by Gasteiger charge is 2.20. The minimum absolute atomic E-state index is 0.0235. The molecule has 0 fully saturated rings. The quantitative estimate of drug-likeness (QED) is 0.204. The minimum Gasteiger partial charge on any atom is -0.480 e. The molecule has 0 bridgehead atoms. The first-order valence-electron chi connectivity index (χ1n) is 7.66. The molecule has 0 aliphatic rings. The van der Waals surface area contributed by atoms with Crippen LogP contribution in [0, 0.1) is 0 Å². The van der Waals surface area contributed by atoms with Crippen LogP contribution in [0.4, 0.5) is 4.79 Å². The summed E-state index contributed by atoms with van der Waals surface area (Å²) in [6, 6.07) is -0.937. The van der Waals surface area contributed by atoms with Crippen LogP contribution in [0.2, 0.25) is 0 Å². The molecule has 9 nitrogen and oxygen atoms in total. The number of ether oxygens (including phenoxy) is 1. The average Bonchev–Trinajstić information content (AvgIpc) is 2.52. The van der Waals surface area contributed by atoms with Crippen LogP contribution in [0.25, 0.3) is 0 Å². The Labute approximate surface area is 154 Å². The molecule has 11 heteroatoms. The van der Waals surface area contributed by atoms with Crippen LogP contribution in [0.5, 0.6) is 0 Å². The molecule has 0 aromatic rings. The van der Waals surface area contributed by atoms with Crippen molar-refractivity contribution < 1.29 is 29.0 Å². The van der Waals surface area contributed by atoms with Gasteiger partial charge in [0.25, 0.3) is 0 Å². The normalized spacial score (nSPS) is 11.7. The number of carbonyl (C=O) groups is 4. The number of amides is 2. The summed E-state index contributed by atoms with van der Waals surface area (Å²) in [6.07, 6.45) is -0.518. The second-order valence-corrected chi connectivity index (χ2v) is 7.95. The number of ketones is 1. The monoisotopic (exact) mass is 395 g/mol. The number of aliphatic carboxylic acids is 1. The number of carbonyl (C=O) groups excluding carboxylic acids is 3. The Kier molecular flexibility index (Phi) is 13.0. The van der Waals surface area contributed by atoms with E-state index < -0.39 is 24.0 Å². The first kappa shape index (κ1) is 23.5. The predicted molar refractivity (Wildman–Crippen MR) is 97.2 cm³/mol. The predicted octanol–water partition coefficient (Wildman–Crippen LogP) is 0.946. The van der Waals surface area contributed by atoms with Crippen molar-refractivity contribution in [3.63, 3.8) is 0 Å². The second-order valence-electron chi connectivity index (χ2n) is 5.33. The zero-order valence-electron chi connectivity index (χ0n) is 14.5. The SMILES string of the molecule is CC(=O)CCC(=O)NC(CSSCCOC(=O)NNC(C)C)C(=O)O. The van der Waals surface area contributed by atoms with E-state index in [0.717, 1.165) is 0 Å². The van der Waals surface area contributed by atoms with Crippen molar-refractivity contribution in [1.29, 1.82) is 0 Å². The van der Waals surface area contributed by atoms with Crippen molar-refractivity contribution in [2.24, 2.45) is 0 Å². The Bertz CT molecular complexity index is 462. The van der Waals surface area contributed by atoms with Gasteiger partial charge in [-0.2, -0.15) is 0 Å². The summed E-state index contributed by atoms with van der Waals surface area (Å²) < 4.78 is 4.90. The van der Waals surface area contributed by atoms with Gasteiger partial charge in [-0.05, 0) is 20.8 Å². The zero-order valence-corrected chi connectivity index (χ0v) is 16.1. The van der Waals surface area contributed by atoms with E-state index >= 15 is 0 Å². The number of nitrogens with one attached hydrogen (secondary N) is 3. The summed E-state index contributed by atoms with van der Waals surface area (Å²) in [5, 5.41) is 11.5. The third-order valence-electron chi connectivity index (χ3n) is 2.52. The van der Waals surface area contributed by atoms with E-state index in [0.29, 0.717) is 5.75 Å². The van der Waals surface area contributed by atoms with Gasteiger partial charge >= 0.3 is 12.1 Å². The lowest BCUT2D eigenvalue weighted by Crippen LogP contribution is -2.42. The highest BCUT2D eigenvalue weighted by atomic mass is 33.1. The third kappa shape index (κ3) is 14.6. The smallest absolute Gasteiger partial charge is 0.421 e. The van der Waals surface area contributed by atoms with Gasteiger partial charge < -0.3 is 20.0 Å². The largest absolute Gasteiger partial charge is 0.480 e. The molecule has 4 N–H and O–H groups in total. The number of carboxylic acids is 1. The molecule has 0 saturated heterocycles. The first-order valence-corrected chi connectivity index (χ1v) is 10.2. The Hall–Kier alpha value is -1.46. The van der Waals surface area contributed by atoms with Gasteiger partial charge in [0.2, 0.25) is 5.91 Å². The van der Waals surface area contributed by atoms with Crippen LogP contribution in [0.1, 0.15) is 33.6 Å². The van der Waals surface area contributed by atoms with E-state index in [1.54, 1.807) is 0 Å². The Morgan fingerprint density at radius 1 is 1.12 bits per heavy atom. The molecule has 0 saturated carbocycles. The standard InChI is InChI=1S/C14H25N3O6S2/c1-9(2)16-17-14(22)23-6-7-24-25-8-11(13(20)21)15-12(19)5-4-10(3)18/h9,11,16H,4-8H2,1-3H3,(H,15,19)(H,17,22)(H,20,21). The van der Waals surface area contributed by atoms with E-state index in [1.165, 1.54) is 28.5 Å². The number of carboxylic acid groups (broad SMARTS) is 1. The maximum atomic E-state index is 11.6. The van der Waals surface area contributed by atoms with Crippen molar-refractivity contribution in [1.82, 2.24) is 16.2 Å². The van der Waals surface area contributed by atoms with Crippen molar-refractivity contribution in [3.05, 3.63) is 0 Å². The molecule has 0 aromatic carbocycles. The molecule has 0 spiro atoms. The fourth-order valence-electron chi connectivity index (χ4n) is 1.31. The van der Waals surface area contributed by atoms with Crippen LogP contribution < -0.4 is 16.2 Å². The molecule has 144 valence electrons. The van der Waals surface area contributed by atoms with Crippen molar-refractivity contribution in [2.75, 3.05) is 18.1 Å². The van der Waals surface area contributed by atoms with Gasteiger partial charge in [-0.25, -0.2) is 15.0 Å². The highest BCUT2D eigenvalue weighted by molar-refractivity contribution is 8.76. The van der Waals surface area contributed by atoms with Crippen molar-refractivity contribution in [2.45, 2.75) is 45.7 Å². The maximum absolute atomic E-state index is 11.6. The molecular weight excluding hydrogens is 370 g/mol. The lowest BCUT2D eigenvalue weighted by Gasteiger charge is -2.14. The molecular formula is C14H25N3O6S2. The van der Waals surface area contributed by atoms with Crippen LogP contribution in [0.3, 0.4) is 0 Å². The average molecular weight is 396 g/mol. The highest BCUT2D eigenvalue weighted by Crippen LogP contribution is 2.21. The second kappa shape index (κ2) is 13.8. The van der Waals surface area contributed by atoms with Gasteiger partial charge in [0.15, 0.2) is 0 Å². The summed E-state index contributed by atoms with van der Waals surface area (Å²) in [5.74, 6) is -1.10. The summed E-state index contributed by atoms with van der Waals surface area (Å²) >= 11 is 0. The van der Waals surface area contributed by atoms with E-state index in [1.807, 2.05) is 13.8 Å². The molecule has 0 heterocycles. The summed E-state index contributed by atoms with van der Waals surface area (Å²) in [5.41, 5.74) is 5.07. The zero-order chi connectivity index (χ0) is 19.2. The van der Waals surface area contributed by atoms with Crippen LogP contribution in [-0.4, -0.2) is 59.1 Å². The van der Waals surface area contributed by atoms with Gasteiger partial charge in [-0.15, -0.1) is 0 Å². The summed E-state index contributed by atoms with van der Waals surface area (Å²) in [7, 11) is 2.59. The van der Waals surface area contributed by atoms with Gasteiger partial charge in [-0.3, -0.25) is 10.2 Å². The molecule has 1 unspecified atom stereocenters. The first-order chi connectivity index (χ1) is 11.7. The van der Waals surface area contributed by atoms with Gasteiger partial charge in [0.05, 0.1) is 0 Å². The van der Waals surface area contributed by atoms with Crippen molar-refractivity contribution >= 4 is 45.3 Å². The topological polar surface area (TPSA) is 134 Å². The van der Waals surface area contributed by atoms with E-state index in [2.05, 4.69) is 16.2 Å². The van der Waals surface area contributed by atoms with E-state index in [-0.39, 0.29) is 37.0 Å². The number of rotatable bonds is 13. The number of Topliss-reactive ketones (excluding diaryl/α,β-unsaturated/α-hetero) is 1.